The number of aromatic amines is 1. The molecule has 0 aliphatic rings. The first-order valence-corrected chi connectivity index (χ1v) is 6.89. The Bertz CT molecular complexity index is 875. The molecule has 1 aromatic carbocycles. The van der Waals surface area contributed by atoms with Crippen LogP contribution in [0.4, 0.5) is 4.39 Å². The number of nitrogens with one attached hydrogen (secondary N) is 1. The molecule has 3 rings (SSSR count). The molecule has 0 fully saturated rings. The third kappa shape index (κ3) is 2.05. The minimum absolute atomic E-state index is 0.0967. The second-order valence-electron chi connectivity index (χ2n) is 5.11. The predicted molar refractivity (Wildman–Crippen MR) is 80.1 cm³/mol. The lowest BCUT2D eigenvalue weighted by Gasteiger charge is -2.03. The van der Waals surface area contributed by atoms with Crippen LogP contribution in [0.3, 0.4) is 0 Å². The van der Waals surface area contributed by atoms with Crippen LogP contribution in [0.25, 0.3) is 16.8 Å². The van der Waals surface area contributed by atoms with Gasteiger partial charge in [0.2, 0.25) is 0 Å². The average Bonchev–Trinajstić information content (AvgIpc) is 2.84. The summed E-state index contributed by atoms with van der Waals surface area (Å²) in [6.07, 6.45) is 0.730. The van der Waals surface area contributed by atoms with Crippen molar-refractivity contribution in [1.29, 1.82) is 0 Å². The molecule has 21 heavy (non-hydrogen) atoms. The minimum atomic E-state index is -0.284. The molecule has 0 aliphatic heterocycles. The van der Waals surface area contributed by atoms with Crippen LogP contribution in [0.2, 0.25) is 0 Å². The van der Waals surface area contributed by atoms with Gasteiger partial charge in [-0.05, 0) is 38.0 Å². The molecular formula is C16H16FN3O. The van der Waals surface area contributed by atoms with Crippen LogP contribution >= 0.6 is 0 Å². The van der Waals surface area contributed by atoms with Crippen molar-refractivity contribution < 1.29 is 4.39 Å². The number of hydrogen-bond donors (Lipinski definition) is 1. The Labute approximate surface area is 121 Å². The van der Waals surface area contributed by atoms with Crippen molar-refractivity contribution in [1.82, 2.24) is 14.6 Å². The van der Waals surface area contributed by atoms with Crippen molar-refractivity contribution in [2.75, 3.05) is 0 Å². The molecule has 0 amide bonds. The first-order chi connectivity index (χ1) is 10.0. The zero-order valence-corrected chi connectivity index (χ0v) is 12.2. The fraction of sp³-hybridized carbons (Fsp3) is 0.250. The molecule has 1 N–H and O–H groups in total. The molecule has 0 unspecified atom stereocenters. The summed E-state index contributed by atoms with van der Waals surface area (Å²) >= 11 is 0. The molecule has 0 spiro atoms. The van der Waals surface area contributed by atoms with Gasteiger partial charge in [-0.15, -0.1) is 0 Å². The van der Waals surface area contributed by atoms with Crippen molar-refractivity contribution in [3.05, 3.63) is 57.4 Å². The Kier molecular flexibility index (Phi) is 3.12. The van der Waals surface area contributed by atoms with E-state index in [1.54, 1.807) is 19.1 Å². The summed E-state index contributed by atoms with van der Waals surface area (Å²) in [7, 11) is 0. The summed E-state index contributed by atoms with van der Waals surface area (Å²) in [6.45, 7) is 5.59. The zero-order valence-electron chi connectivity index (χ0n) is 12.2. The van der Waals surface area contributed by atoms with Crippen LogP contribution in [0, 0.1) is 19.7 Å². The Balaban J connectivity index is 2.40. The molecule has 2 heterocycles. The normalized spacial score (nSPS) is 11.2. The first kappa shape index (κ1) is 13.5. The number of aromatic nitrogens is 3. The van der Waals surface area contributed by atoms with Crippen molar-refractivity contribution in [3.63, 3.8) is 0 Å². The molecular weight excluding hydrogens is 269 g/mol. The summed E-state index contributed by atoms with van der Waals surface area (Å²) in [5.41, 5.74) is 4.45. The number of fused-ring (bicyclic) bond motifs is 1. The molecule has 3 aromatic rings. The van der Waals surface area contributed by atoms with Crippen LogP contribution < -0.4 is 5.56 Å². The first-order valence-electron chi connectivity index (χ1n) is 6.89. The lowest BCUT2D eigenvalue weighted by molar-refractivity contribution is 0.628. The van der Waals surface area contributed by atoms with Crippen molar-refractivity contribution in [2.45, 2.75) is 27.2 Å². The van der Waals surface area contributed by atoms with Gasteiger partial charge in [-0.2, -0.15) is 0 Å². The summed E-state index contributed by atoms with van der Waals surface area (Å²) < 4.78 is 14.6. The van der Waals surface area contributed by atoms with E-state index in [1.165, 1.54) is 16.6 Å². The van der Waals surface area contributed by atoms with Crippen molar-refractivity contribution >= 4 is 5.65 Å². The third-order valence-corrected chi connectivity index (χ3v) is 3.81. The Morgan fingerprint density at radius 3 is 2.52 bits per heavy atom. The van der Waals surface area contributed by atoms with Crippen LogP contribution in [0.15, 0.2) is 29.1 Å². The smallest absolute Gasteiger partial charge is 0.275 e. The molecule has 108 valence electrons. The second-order valence-corrected chi connectivity index (χ2v) is 5.11. The molecule has 2 aromatic heterocycles. The average molecular weight is 285 g/mol. The van der Waals surface area contributed by atoms with Crippen LogP contribution in [0.1, 0.15) is 23.9 Å². The van der Waals surface area contributed by atoms with Gasteiger partial charge in [0.15, 0.2) is 5.65 Å². The van der Waals surface area contributed by atoms with E-state index in [0.29, 0.717) is 16.9 Å². The van der Waals surface area contributed by atoms with Gasteiger partial charge in [0, 0.05) is 22.5 Å². The lowest BCUT2D eigenvalue weighted by Crippen LogP contribution is -2.19. The van der Waals surface area contributed by atoms with Crippen LogP contribution in [0.5, 0.6) is 0 Å². The molecule has 0 atom stereocenters. The highest BCUT2D eigenvalue weighted by atomic mass is 19.1. The van der Waals surface area contributed by atoms with E-state index in [4.69, 9.17) is 0 Å². The van der Waals surface area contributed by atoms with Gasteiger partial charge in [0.05, 0.1) is 0 Å². The Morgan fingerprint density at radius 2 is 1.90 bits per heavy atom. The number of nitrogens with zero attached hydrogens (tertiary/aromatic N) is 2. The fourth-order valence-corrected chi connectivity index (χ4v) is 2.48. The third-order valence-electron chi connectivity index (χ3n) is 3.81. The maximum atomic E-state index is 13.1. The van der Waals surface area contributed by atoms with E-state index < -0.39 is 0 Å². The lowest BCUT2D eigenvalue weighted by atomic mass is 10.0. The topological polar surface area (TPSA) is 50.2 Å². The summed E-state index contributed by atoms with van der Waals surface area (Å²) in [5, 5.41) is 3.11. The van der Waals surface area contributed by atoms with E-state index in [0.717, 1.165) is 23.2 Å². The number of H-pyrrole nitrogens is 1. The summed E-state index contributed by atoms with van der Waals surface area (Å²) in [6, 6.07) is 6.24. The van der Waals surface area contributed by atoms with Gasteiger partial charge in [-0.1, -0.05) is 19.1 Å². The number of aryl methyl sites for hydroxylation is 2. The fourth-order valence-electron chi connectivity index (χ4n) is 2.48. The molecule has 0 aliphatic carbocycles. The number of rotatable bonds is 2. The van der Waals surface area contributed by atoms with Crippen molar-refractivity contribution in [2.24, 2.45) is 0 Å². The summed E-state index contributed by atoms with van der Waals surface area (Å²) in [5.74, 6) is -0.284. The van der Waals surface area contributed by atoms with Crippen LogP contribution in [-0.4, -0.2) is 14.6 Å². The minimum Gasteiger partial charge on any atom is -0.293 e. The SMILES string of the molecule is CCc1[nH]n2c(=O)c(C)c(C)nc2c1-c1ccc(F)cc1. The molecule has 0 saturated heterocycles. The largest absolute Gasteiger partial charge is 0.293 e. The van der Waals surface area contributed by atoms with E-state index in [1.807, 2.05) is 13.8 Å². The van der Waals surface area contributed by atoms with Crippen LogP contribution in [-0.2, 0) is 6.42 Å². The maximum absolute atomic E-state index is 13.1. The number of benzene rings is 1. The number of hydrogen-bond acceptors (Lipinski definition) is 2. The van der Waals surface area contributed by atoms with Crippen molar-refractivity contribution in [3.8, 4) is 11.1 Å². The molecule has 0 saturated carbocycles. The van der Waals surface area contributed by atoms with Gasteiger partial charge >= 0.3 is 0 Å². The maximum Gasteiger partial charge on any atom is 0.275 e. The standard InChI is InChI=1S/C16H16FN3O/c1-4-13-14(11-5-7-12(17)8-6-11)15-18-10(3)9(2)16(21)20(15)19-13/h5-8,19H,4H2,1-3H3. The molecule has 0 radical (unpaired) electrons. The van der Waals surface area contributed by atoms with E-state index in [-0.39, 0.29) is 11.4 Å². The van der Waals surface area contributed by atoms with E-state index in [2.05, 4.69) is 10.1 Å². The van der Waals surface area contributed by atoms with Gasteiger partial charge in [0.25, 0.3) is 5.56 Å². The predicted octanol–water partition coefficient (Wildman–Crippen LogP) is 3.01. The number of halogens is 1. The highest BCUT2D eigenvalue weighted by Gasteiger charge is 2.17. The molecule has 0 bridgehead atoms. The highest BCUT2D eigenvalue weighted by molar-refractivity contribution is 5.80. The molecule has 4 nitrogen and oxygen atoms in total. The van der Waals surface area contributed by atoms with E-state index >= 15 is 0 Å². The van der Waals surface area contributed by atoms with E-state index in [9.17, 15) is 9.18 Å². The van der Waals surface area contributed by atoms with Gasteiger partial charge in [-0.25, -0.2) is 13.9 Å². The Morgan fingerprint density at radius 1 is 1.24 bits per heavy atom. The van der Waals surface area contributed by atoms with Gasteiger partial charge < -0.3 is 0 Å². The summed E-state index contributed by atoms with van der Waals surface area (Å²) in [4.78, 5) is 16.9. The second kappa shape index (κ2) is 4.84. The molecule has 5 heteroatoms. The Hall–Kier alpha value is -2.43. The van der Waals surface area contributed by atoms with Gasteiger partial charge in [-0.3, -0.25) is 9.89 Å². The monoisotopic (exact) mass is 285 g/mol. The quantitative estimate of drug-likeness (QED) is 0.787. The highest BCUT2D eigenvalue weighted by Crippen LogP contribution is 2.27. The zero-order chi connectivity index (χ0) is 15.1. The van der Waals surface area contributed by atoms with Gasteiger partial charge in [0.1, 0.15) is 5.82 Å².